The smallest absolute Gasteiger partial charge is 0.301 e. The molecule has 1 aliphatic heterocycles. The number of fused-ring (bicyclic) bond motifs is 1. The van der Waals surface area contributed by atoms with Gasteiger partial charge in [-0.1, -0.05) is 23.5 Å². The van der Waals surface area contributed by atoms with Crippen molar-refractivity contribution in [2.45, 2.75) is 26.8 Å². The van der Waals surface area contributed by atoms with E-state index in [1.165, 1.54) is 27.6 Å². The van der Waals surface area contributed by atoms with Gasteiger partial charge in [-0.05, 0) is 73.2 Å². The van der Waals surface area contributed by atoms with Crippen LogP contribution in [-0.2, 0) is 9.59 Å². The Kier molecular flexibility index (Phi) is 5.50. The number of carbonyl (C=O) groups is 2. The first-order valence-corrected chi connectivity index (χ1v) is 12.4. The minimum atomic E-state index is -0.760. The van der Waals surface area contributed by atoms with Crippen molar-refractivity contribution in [3.8, 4) is 5.75 Å². The number of thiophene rings is 1. The Morgan fingerprint density at radius 2 is 1.88 bits per heavy atom. The van der Waals surface area contributed by atoms with Crippen LogP contribution < -0.4 is 9.64 Å². The number of methoxy groups -OCH3 is 1. The number of ketones is 1. The molecule has 0 saturated carbocycles. The molecule has 1 N–H and O–H groups in total. The highest BCUT2D eigenvalue weighted by Gasteiger charge is 2.48. The van der Waals surface area contributed by atoms with Gasteiger partial charge in [0.15, 0.2) is 5.13 Å². The highest BCUT2D eigenvalue weighted by molar-refractivity contribution is 7.22. The molecule has 0 aliphatic carbocycles. The summed E-state index contributed by atoms with van der Waals surface area (Å²) in [7, 11) is 1.57. The summed E-state index contributed by atoms with van der Waals surface area (Å²) >= 11 is 2.80. The van der Waals surface area contributed by atoms with Crippen LogP contribution in [-0.4, -0.2) is 28.9 Å². The standard InChI is InChI=1S/C26H22N2O4S2/c1-13-10-15(3)21-19(11-13)34-26(27-21)28-22(18-6-5-9-33-18)20(24(30)25(28)31)23(29)16-7-8-17(32-4)14(2)12-16/h5-12,22,29H,1-4H3/b23-20+. The molecule has 0 spiro atoms. The van der Waals surface area contributed by atoms with Crippen molar-refractivity contribution >= 4 is 55.5 Å². The van der Waals surface area contributed by atoms with E-state index in [1.54, 1.807) is 25.3 Å². The molecule has 3 heterocycles. The number of aryl methyl sites for hydroxylation is 3. The number of thiazole rings is 1. The molecule has 2 aromatic heterocycles. The van der Waals surface area contributed by atoms with Crippen LogP contribution in [0.15, 0.2) is 53.4 Å². The van der Waals surface area contributed by atoms with E-state index < -0.39 is 17.7 Å². The fourth-order valence-electron chi connectivity index (χ4n) is 4.39. The van der Waals surface area contributed by atoms with Crippen molar-refractivity contribution in [3.05, 3.63) is 80.5 Å². The molecule has 1 amide bonds. The number of hydrogen-bond acceptors (Lipinski definition) is 7. The van der Waals surface area contributed by atoms with E-state index in [0.717, 1.165) is 31.8 Å². The number of aliphatic hydroxyl groups is 1. The van der Waals surface area contributed by atoms with Gasteiger partial charge < -0.3 is 9.84 Å². The van der Waals surface area contributed by atoms with E-state index in [2.05, 4.69) is 0 Å². The fraction of sp³-hybridized carbons (Fsp3) is 0.192. The maximum Gasteiger partial charge on any atom is 0.301 e. The molecule has 0 radical (unpaired) electrons. The third kappa shape index (κ3) is 3.50. The van der Waals surface area contributed by atoms with Gasteiger partial charge in [-0.3, -0.25) is 14.5 Å². The lowest BCUT2D eigenvalue weighted by Gasteiger charge is -2.21. The molecule has 5 rings (SSSR count). The molecule has 6 nitrogen and oxygen atoms in total. The molecule has 8 heteroatoms. The van der Waals surface area contributed by atoms with Crippen molar-refractivity contribution in [3.63, 3.8) is 0 Å². The number of Topliss-reactive ketones (excluding diaryl/α,β-unsaturated/α-hetero) is 1. The maximum atomic E-state index is 13.3. The van der Waals surface area contributed by atoms with Crippen molar-refractivity contribution < 1.29 is 19.4 Å². The second-order valence-corrected chi connectivity index (χ2v) is 10.3. The van der Waals surface area contributed by atoms with Gasteiger partial charge in [0.05, 0.1) is 22.9 Å². The first kappa shape index (κ1) is 22.3. The number of anilines is 1. The van der Waals surface area contributed by atoms with E-state index in [1.807, 2.05) is 50.4 Å². The van der Waals surface area contributed by atoms with Gasteiger partial charge in [-0.25, -0.2) is 4.98 Å². The predicted molar refractivity (Wildman–Crippen MR) is 136 cm³/mol. The summed E-state index contributed by atoms with van der Waals surface area (Å²) < 4.78 is 6.26. The normalized spacial score (nSPS) is 17.6. The molecule has 1 atom stereocenters. The van der Waals surface area contributed by atoms with Gasteiger partial charge >= 0.3 is 5.91 Å². The average molecular weight is 491 g/mol. The first-order chi connectivity index (χ1) is 16.3. The summed E-state index contributed by atoms with van der Waals surface area (Å²) in [5.41, 5.74) is 4.24. The third-order valence-corrected chi connectivity index (χ3v) is 7.88. The van der Waals surface area contributed by atoms with Gasteiger partial charge in [-0.2, -0.15) is 0 Å². The molecule has 2 aromatic carbocycles. The second kappa shape index (κ2) is 8.38. The number of hydrogen-bond donors (Lipinski definition) is 1. The second-order valence-electron chi connectivity index (χ2n) is 8.29. The largest absolute Gasteiger partial charge is 0.507 e. The van der Waals surface area contributed by atoms with Crippen LogP contribution in [0.1, 0.15) is 33.2 Å². The molecule has 34 heavy (non-hydrogen) atoms. The lowest BCUT2D eigenvalue weighted by atomic mass is 9.99. The number of aliphatic hydroxyl groups excluding tert-OH is 1. The Labute approximate surface area is 204 Å². The Bertz CT molecular complexity index is 1480. The minimum absolute atomic E-state index is 0.0594. The zero-order valence-electron chi connectivity index (χ0n) is 19.1. The summed E-state index contributed by atoms with van der Waals surface area (Å²) in [6, 6.07) is 12.2. The molecular weight excluding hydrogens is 468 g/mol. The molecule has 1 fully saturated rings. The van der Waals surface area contributed by atoms with Gasteiger partial charge in [0.2, 0.25) is 0 Å². The van der Waals surface area contributed by atoms with Crippen LogP contribution >= 0.6 is 22.7 Å². The number of ether oxygens (including phenoxy) is 1. The van der Waals surface area contributed by atoms with Crippen molar-refractivity contribution in [2.75, 3.05) is 12.0 Å². The van der Waals surface area contributed by atoms with E-state index in [-0.39, 0.29) is 11.3 Å². The number of carbonyl (C=O) groups excluding carboxylic acids is 2. The zero-order valence-corrected chi connectivity index (χ0v) is 20.7. The molecule has 1 aliphatic rings. The lowest BCUT2D eigenvalue weighted by Crippen LogP contribution is -2.28. The average Bonchev–Trinajstić information content (AvgIpc) is 3.52. The quantitative estimate of drug-likeness (QED) is 0.218. The monoisotopic (exact) mass is 490 g/mol. The van der Waals surface area contributed by atoms with Crippen molar-refractivity contribution in [1.29, 1.82) is 0 Å². The maximum absolute atomic E-state index is 13.3. The highest BCUT2D eigenvalue weighted by atomic mass is 32.1. The Hall–Kier alpha value is -3.49. The molecular formula is C26H22N2O4S2. The summed E-state index contributed by atoms with van der Waals surface area (Å²) in [5, 5.41) is 13.6. The van der Waals surface area contributed by atoms with Crippen LogP contribution in [0.4, 0.5) is 5.13 Å². The summed E-state index contributed by atoms with van der Waals surface area (Å²) in [6.07, 6.45) is 0. The third-order valence-electron chi connectivity index (χ3n) is 5.95. The Morgan fingerprint density at radius 1 is 1.09 bits per heavy atom. The molecule has 172 valence electrons. The molecule has 1 saturated heterocycles. The summed E-state index contributed by atoms with van der Waals surface area (Å²) in [4.78, 5) is 33.6. The van der Waals surface area contributed by atoms with Gasteiger partial charge in [0.1, 0.15) is 17.6 Å². The van der Waals surface area contributed by atoms with E-state index in [0.29, 0.717) is 16.4 Å². The number of rotatable bonds is 4. The fourth-order valence-corrected chi connectivity index (χ4v) is 6.38. The highest BCUT2D eigenvalue weighted by Crippen LogP contribution is 2.46. The van der Waals surface area contributed by atoms with Crippen LogP contribution in [0.5, 0.6) is 5.75 Å². The van der Waals surface area contributed by atoms with Gasteiger partial charge in [0.25, 0.3) is 5.78 Å². The molecule has 0 bridgehead atoms. The number of amides is 1. The van der Waals surface area contributed by atoms with E-state index in [9.17, 15) is 14.7 Å². The number of benzene rings is 2. The molecule has 1 unspecified atom stereocenters. The van der Waals surface area contributed by atoms with Crippen LogP contribution in [0.25, 0.3) is 16.0 Å². The summed E-state index contributed by atoms with van der Waals surface area (Å²) in [5.74, 6) is -0.958. The predicted octanol–water partition coefficient (Wildman–Crippen LogP) is 5.92. The topological polar surface area (TPSA) is 79.7 Å². The van der Waals surface area contributed by atoms with E-state index >= 15 is 0 Å². The van der Waals surface area contributed by atoms with Gasteiger partial charge in [0, 0.05) is 10.4 Å². The van der Waals surface area contributed by atoms with Crippen molar-refractivity contribution in [1.82, 2.24) is 4.98 Å². The SMILES string of the molecule is COc1ccc(/C(O)=C2\C(=O)C(=O)N(c3nc4c(C)cc(C)cc4s3)C2c2cccs2)cc1C. The summed E-state index contributed by atoms with van der Waals surface area (Å²) in [6.45, 7) is 5.85. The van der Waals surface area contributed by atoms with Gasteiger partial charge in [-0.15, -0.1) is 11.3 Å². The Balaban J connectivity index is 1.71. The zero-order chi connectivity index (χ0) is 24.1. The van der Waals surface area contributed by atoms with E-state index in [4.69, 9.17) is 9.72 Å². The first-order valence-electron chi connectivity index (χ1n) is 10.7. The minimum Gasteiger partial charge on any atom is -0.507 e. The van der Waals surface area contributed by atoms with Crippen molar-refractivity contribution in [2.24, 2.45) is 0 Å². The number of nitrogens with zero attached hydrogens (tertiary/aromatic N) is 2. The lowest BCUT2D eigenvalue weighted by molar-refractivity contribution is -0.132. The Morgan fingerprint density at radius 3 is 2.56 bits per heavy atom. The van der Waals surface area contributed by atoms with Crippen LogP contribution in [0.2, 0.25) is 0 Å². The van der Waals surface area contributed by atoms with Crippen LogP contribution in [0, 0.1) is 20.8 Å². The number of aromatic nitrogens is 1. The molecule has 4 aromatic rings. The van der Waals surface area contributed by atoms with Crippen LogP contribution in [0.3, 0.4) is 0 Å².